The molecule has 2 aliphatic carbocycles. The maximum Gasteiger partial charge on any atom is 0.172 e. The number of carbonyl (C=O) groups excluding carboxylic acids is 1. The molecule has 0 heterocycles. The summed E-state index contributed by atoms with van der Waals surface area (Å²) >= 11 is 0. The Morgan fingerprint density at radius 1 is 1.00 bits per heavy atom. The molecular formula is C7H12N2O. The standard InChI is InChI=1S/C7H12N2O/c8-6-1-2-7(9,4-3-6)5(6)10/h1-4,8-9H2. The summed E-state index contributed by atoms with van der Waals surface area (Å²) in [6.07, 6.45) is 3.18. The number of hydrogen-bond donors (Lipinski definition) is 2. The minimum atomic E-state index is -0.533. The largest absolute Gasteiger partial charge is 0.319 e. The van der Waals surface area contributed by atoms with Crippen molar-refractivity contribution >= 4 is 5.78 Å². The molecule has 2 saturated carbocycles. The fraction of sp³-hybridized carbons (Fsp3) is 0.857. The van der Waals surface area contributed by atoms with Crippen LogP contribution < -0.4 is 11.5 Å². The molecule has 0 aromatic carbocycles. The first-order chi connectivity index (χ1) is 4.57. The van der Waals surface area contributed by atoms with Crippen molar-refractivity contribution in [2.24, 2.45) is 11.5 Å². The first kappa shape index (κ1) is 6.31. The van der Waals surface area contributed by atoms with E-state index in [0.29, 0.717) is 0 Å². The molecule has 3 nitrogen and oxygen atoms in total. The van der Waals surface area contributed by atoms with Gasteiger partial charge in [-0.3, -0.25) is 4.79 Å². The average molecular weight is 140 g/mol. The molecule has 3 heteroatoms. The summed E-state index contributed by atoms with van der Waals surface area (Å²) in [5, 5.41) is 0. The zero-order valence-corrected chi connectivity index (χ0v) is 5.89. The van der Waals surface area contributed by atoms with E-state index in [1.54, 1.807) is 0 Å². The summed E-state index contributed by atoms with van der Waals surface area (Å²) in [6, 6.07) is 0. The fourth-order valence-electron chi connectivity index (χ4n) is 2.09. The van der Waals surface area contributed by atoms with E-state index in [1.165, 1.54) is 0 Å². The predicted octanol–water partition coefficient (Wildman–Crippen LogP) is -0.462. The first-order valence-electron chi connectivity index (χ1n) is 3.70. The Kier molecular flexibility index (Phi) is 0.904. The molecule has 4 N–H and O–H groups in total. The molecule has 56 valence electrons. The van der Waals surface area contributed by atoms with E-state index in [2.05, 4.69) is 0 Å². The molecule has 0 aromatic heterocycles. The third-order valence-corrected chi connectivity index (χ3v) is 2.94. The smallest absolute Gasteiger partial charge is 0.172 e. The second kappa shape index (κ2) is 1.43. The molecule has 10 heavy (non-hydrogen) atoms. The lowest BCUT2D eigenvalue weighted by Crippen LogP contribution is -2.46. The van der Waals surface area contributed by atoms with Crippen LogP contribution in [0, 0.1) is 0 Å². The highest BCUT2D eigenvalue weighted by molar-refractivity contribution is 6.00. The number of ketones is 1. The Labute approximate surface area is 59.8 Å². The summed E-state index contributed by atoms with van der Waals surface area (Å²) in [4.78, 5) is 11.4. The molecule has 0 saturated heterocycles. The van der Waals surface area contributed by atoms with Crippen LogP contribution in [-0.2, 0) is 4.79 Å². The first-order valence-corrected chi connectivity index (χ1v) is 3.70. The van der Waals surface area contributed by atoms with Gasteiger partial charge < -0.3 is 11.5 Å². The molecule has 0 amide bonds. The summed E-state index contributed by atoms with van der Waals surface area (Å²) < 4.78 is 0. The Bertz CT molecular complexity index is 172. The van der Waals surface area contributed by atoms with Gasteiger partial charge in [-0.05, 0) is 25.7 Å². The van der Waals surface area contributed by atoms with Crippen molar-refractivity contribution < 1.29 is 4.79 Å². The minimum absolute atomic E-state index is 0.0972. The maximum atomic E-state index is 11.4. The van der Waals surface area contributed by atoms with Gasteiger partial charge in [-0.15, -0.1) is 0 Å². The van der Waals surface area contributed by atoms with E-state index in [1.807, 2.05) is 0 Å². The summed E-state index contributed by atoms with van der Waals surface area (Å²) in [6.45, 7) is 0. The lowest BCUT2D eigenvalue weighted by molar-refractivity contribution is -0.123. The van der Waals surface area contributed by atoms with Gasteiger partial charge >= 0.3 is 0 Å². The molecule has 0 radical (unpaired) electrons. The van der Waals surface area contributed by atoms with Crippen molar-refractivity contribution in [1.29, 1.82) is 0 Å². The second-order valence-electron chi connectivity index (χ2n) is 3.64. The van der Waals surface area contributed by atoms with Crippen molar-refractivity contribution in [3.8, 4) is 0 Å². The van der Waals surface area contributed by atoms with Gasteiger partial charge in [-0.2, -0.15) is 0 Å². The van der Waals surface area contributed by atoms with E-state index in [9.17, 15) is 4.79 Å². The molecule has 0 spiro atoms. The van der Waals surface area contributed by atoms with E-state index < -0.39 is 11.1 Å². The van der Waals surface area contributed by atoms with Crippen LogP contribution in [-0.4, -0.2) is 16.9 Å². The maximum absolute atomic E-state index is 11.4. The van der Waals surface area contributed by atoms with Crippen LogP contribution in [0.3, 0.4) is 0 Å². The van der Waals surface area contributed by atoms with Gasteiger partial charge in [0.2, 0.25) is 0 Å². The number of rotatable bonds is 0. The fourth-order valence-corrected chi connectivity index (χ4v) is 2.09. The van der Waals surface area contributed by atoms with Crippen molar-refractivity contribution in [2.75, 3.05) is 0 Å². The van der Waals surface area contributed by atoms with Crippen LogP contribution in [0.4, 0.5) is 0 Å². The van der Waals surface area contributed by atoms with E-state index in [-0.39, 0.29) is 5.78 Å². The molecule has 0 aromatic rings. The van der Waals surface area contributed by atoms with E-state index in [0.717, 1.165) is 25.7 Å². The number of Topliss-reactive ketones (excluding diaryl/α,β-unsaturated/α-hetero) is 1. The van der Waals surface area contributed by atoms with Crippen LogP contribution in [0.15, 0.2) is 0 Å². The Hall–Kier alpha value is -0.410. The number of carbonyl (C=O) groups is 1. The van der Waals surface area contributed by atoms with Gasteiger partial charge in [-0.25, -0.2) is 0 Å². The summed E-state index contributed by atoms with van der Waals surface area (Å²) in [5.41, 5.74) is 10.5. The molecule has 2 aliphatic rings. The van der Waals surface area contributed by atoms with Gasteiger partial charge in [0.25, 0.3) is 0 Å². The number of nitrogens with two attached hydrogens (primary N) is 2. The molecule has 2 rings (SSSR count). The molecular weight excluding hydrogens is 128 g/mol. The Morgan fingerprint density at radius 2 is 1.30 bits per heavy atom. The molecule has 2 fully saturated rings. The van der Waals surface area contributed by atoms with Gasteiger partial charge in [0.1, 0.15) is 0 Å². The zero-order chi connectivity index (χ0) is 7.41. The average Bonchev–Trinajstić information content (AvgIpc) is 2.24. The Balaban J connectivity index is 2.43. The van der Waals surface area contributed by atoms with Crippen molar-refractivity contribution in [3.63, 3.8) is 0 Å². The quantitative estimate of drug-likeness (QED) is 0.478. The van der Waals surface area contributed by atoms with Gasteiger partial charge in [0.05, 0.1) is 11.1 Å². The van der Waals surface area contributed by atoms with Crippen molar-refractivity contribution in [2.45, 2.75) is 36.8 Å². The monoisotopic (exact) mass is 140 g/mol. The second-order valence-corrected chi connectivity index (χ2v) is 3.64. The van der Waals surface area contributed by atoms with Crippen molar-refractivity contribution in [3.05, 3.63) is 0 Å². The highest BCUT2D eigenvalue weighted by Gasteiger charge is 2.58. The lowest BCUT2D eigenvalue weighted by atomic mass is 9.93. The molecule has 0 aliphatic heterocycles. The topological polar surface area (TPSA) is 69.1 Å². The highest BCUT2D eigenvalue weighted by atomic mass is 16.1. The number of hydrogen-bond acceptors (Lipinski definition) is 3. The lowest BCUT2D eigenvalue weighted by Gasteiger charge is -2.18. The van der Waals surface area contributed by atoms with Crippen LogP contribution in [0.1, 0.15) is 25.7 Å². The van der Waals surface area contributed by atoms with E-state index >= 15 is 0 Å². The SMILES string of the molecule is NC12CCC(N)(CC1)C2=O. The molecule has 0 atom stereocenters. The molecule has 2 bridgehead atoms. The van der Waals surface area contributed by atoms with Crippen LogP contribution in [0.5, 0.6) is 0 Å². The predicted molar refractivity (Wildman–Crippen MR) is 37.3 cm³/mol. The summed E-state index contributed by atoms with van der Waals surface area (Å²) in [7, 11) is 0. The van der Waals surface area contributed by atoms with Crippen LogP contribution in [0.2, 0.25) is 0 Å². The zero-order valence-electron chi connectivity index (χ0n) is 5.89. The number of fused-ring (bicyclic) bond motifs is 2. The third kappa shape index (κ3) is 0.503. The summed E-state index contributed by atoms with van der Waals surface area (Å²) in [5.74, 6) is 0.0972. The Morgan fingerprint density at radius 3 is 1.40 bits per heavy atom. The van der Waals surface area contributed by atoms with Gasteiger partial charge in [-0.1, -0.05) is 0 Å². The van der Waals surface area contributed by atoms with E-state index in [4.69, 9.17) is 11.5 Å². The third-order valence-electron chi connectivity index (χ3n) is 2.94. The normalized spacial score (nSPS) is 52.4. The highest BCUT2D eigenvalue weighted by Crippen LogP contribution is 2.44. The van der Waals surface area contributed by atoms with Crippen LogP contribution >= 0.6 is 0 Å². The van der Waals surface area contributed by atoms with Gasteiger partial charge in [0.15, 0.2) is 5.78 Å². The van der Waals surface area contributed by atoms with Crippen molar-refractivity contribution in [1.82, 2.24) is 0 Å². The minimum Gasteiger partial charge on any atom is -0.319 e. The van der Waals surface area contributed by atoms with Gasteiger partial charge in [0, 0.05) is 0 Å². The van der Waals surface area contributed by atoms with Crippen LogP contribution in [0.25, 0.3) is 0 Å². The molecule has 0 unspecified atom stereocenters.